The van der Waals surface area contributed by atoms with Crippen LogP contribution in [0, 0.1) is 11.3 Å². The first kappa shape index (κ1) is 21.0. The van der Waals surface area contributed by atoms with Crippen LogP contribution >= 0.6 is 0 Å². The van der Waals surface area contributed by atoms with Crippen LogP contribution in [0.5, 0.6) is 0 Å². The molecule has 1 aromatic rings. The number of alkyl halides is 3. The first-order chi connectivity index (χ1) is 12.7. The number of benzene rings is 1. The molecule has 1 saturated heterocycles. The molecular formula is C19H24F3NO4S. The molecule has 2 aliphatic rings. The Hall–Kier alpha value is -1.77. The lowest BCUT2D eigenvalue weighted by Crippen LogP contribution is -2.64. The highest BCUT2D eigenvalue weighted by Gasteiger charge is 2.54. The molecular weight excluding hydrogens is 395 g/mol. The van der Waals surface area contributed by atoms with Gasteiger partial charge in [-0.15, -0.1) is 0 Å². The zero-order valence-corrected chi connectivity index (χ0v) is 16.9. The lowest BCUT2D eigenvalue weighted by atomic mass is 9.56. The standard InChI is InChI=1S/C19H24F3NO4S/c1-17(2,3)27-16(24)23-11-18(12-23)9-14(10-18)8-13-4-6-15(7-5-13)28(25,26)19(20,21)22/h4-7,14H,8-12H2,1-3H3. The molecule has 1 amide bonds. The van der Waals surface area contributed by atoms with Gasteiger partial charge < -0.3 is 9.64 Å². The van der Waals surface area contributed by atoms with Gasteiger partial charge in [0.25, 0.3) is 9.84 Å². The van der Waals surface area contributed by atoms with Crippen molar-refractivity contribution in [2.45, 2.75) is 56.0 Å². The van der Waals surface area contributed by atoms with Gasteiger partial charge in [-0.05, 0) is 63.6 Å². The van der Waals surface area contributed by atoms with E-state index < -0.39 is 25.8 Å². The molecule has 0 N–H and O–H groups in total. The van der Waals surface area contributed by atoms with Gasteiger partial charge in [0.1, 0.15) is 5.60 Å². The Bertz CT molecular complexity index is 843. The number of hydrogen-bond acceptors (Lipinski definition) is 4. The van der Waals surface area contributed by atoms with Gasteiger partial charge in [0.2, 0.25) is 0 Å². The molecule has 1 heterocycles. The number of amides is 1. The molecule has 1 aliphatic carbocycles. The van der Waals surface area contributed by atoms with Gasteiger partial charge in [-0.3, -0.25) is 0 Å². The van der Waals surface area contributed by atoms with E-state index in [1.54, 1.807) is 4.90 Å². The van der Waals surface area contributed by atoms with Crippen LogP contribution in [0.15, 0.2) is 29.2 Å². The SMILES string of the molecule is CC(C)(C)OC(=O)N1CC2(CC(Cc3ccc(S(=O)(=O)C(F)(F)F)cc3)C2)C1. The number of likely N-dealkylation sites (tertiary alicyclic amines) is 1. The lowest BCUT2D eigenvalue weighted by Gasteiger charge is -2.59. The molecule has 1 aromatic carbocycles. The Balaban J connectivity index is 1.49. The molecule has 1 spiro atoms. The number of carbonyl (C=O) groups excluding carboxylic acids is 1. The second-order valence-corrected chi connectivity index (χ2v) is 10.8. The predicted octanol–water partition coefficient (Wildman–Crippen LogP) is 4.17. The number of nitrogens with zero attached hydrogens (tertiary/aromatic N) is 1. The van der Waals surface area contributed by atoms with Crippen molar-refractivity contribution in [3.8, 4) is 0 Å². The number of halogens is 3. The molecule has 9 heteroatoms. The second-order valence-electron chi connectivity index (χ2n) is 8.91. The van der Waals surface area contributed by atoms with Crippen LogP contribution in [-0.4, -0.2) is 43.6 Å². The van der Waals surface area contributed by atoms with E-state index in [1.807, 2.05) is 20.8 Å². The summed E-state index contributed by atoms with van der Waals surface area (Å²) in [7, 11) is -5.30. The average molecular weight is 419 g/mol. The molecule has 156 valence electrons. The van der Waals surface area contributed by atoms with E-state index in [1.165, 1.54) is 12.1 Å². The Morgan fingerprint density at radius 3 is 2.14 bits per heavy atom. The molecule has 0 bridgehead atoms. The van der Waals surface area contributed by atoms with E-state index >= 15 is 0 Å². The van der Waals surface area contributed by atoms with Gasteiger partial charge >= 0.3 is 11.6 Å². The third-order valence-electron chi connectivity index (χ3n) is 5.21. The summed E-state index contributed by atoms with van der Waals surface area (Å²) in [5.41, 5.74) is -4.88. The van der Waals surface area contributed by atoms with Gasteiger partial charge in [0.05, 0.1) is 4.90 Å². The summed E-state index contributed by atoms with van der Waals surface area (Å²) in [5.74, 6) is 0.380. The van der Waals surface area contributed by atoms with Gasteiger partial charge in [0.15, 0.2) is 0 Å². The first-order valence-electron chi connectivity index (χ1n) is 9.09. The third-order valence-corrected chi connectivity index (χ3v) is 6.71. The van der Waals surface area contributed by atoms with Crippen molar-refractivity contribution in [1.29, 1.82) is 0 Å². The number of ether oxygens (including phenoxy) is 1. The molecule has 28 heavy (non-hydrogen) atoms. The van der Waals surface area contributed by atoms with E-state index in [-0.39, 0.29) is 11.5 Å². The highest BCUT2D eigenvalue weighted by Crippen LogP contribution is 2.53. The minimum Gasteiger partial charge on any atom is -0.444 e. The zero-order valence-electron chi connectivity index (χ0n) is 16.0. The Morgan fingerprint density at radius 2 is 1.68 bits per heavy atom. The zero-order chi connectivity index (χ0) is 21.0. The summed E-state index contributed by atoms with van der Waals surface area (Å²) in [6.45, 7) is 6.81. The topological polar surface area (TPSA) is 63.7 Å². The third kappa shape index (κ3) is 4.14. The summed E-state index contributed by atoms with van der Waals surface area (Å²) < 4.78 is 65.9. The normalized spacial score (nSPS) is 19.9. The molecule has 0 unspecified atom stereocenters. The van der Waals surface area contributed by atoms with E-state index in [2.05, 4.69) is 0 Å². The van der Waals surface area contributed by atoms with Gasteiger partial charge in [-0.1, -0.05) is 12.1 Å². The molecule has 1 saturated carbocycles. The van der Waals surface area contributed by atoms with Crippen molar-refractivity contribution in [1.82, 2.24) is 4.90 Å². The average Bonchev–Trinajstić information content (AvgIpc) is 2.45. The predicted molar refractivity (Wildman–Crippen MR) is 96.4 cm³/mol. The Morgan fingerprint density at radius 1 is 1.14 bits per heavy atom. The minimum atomic E-state index is -5.30. The molecule has 5 nitrogen and oxygen atoms in total. The van der Waals surface area contributed by atoms with Crippen molar-refractivity contribution in [3.63, 3.8) is 0 Å². The summed E-state index contributed by atoms with van der Waals surface area (Å²) in [6.07, 6.45) is 2.26. The molecule has 3 rings (SSSR count). The first-order valence-corrected chi connectivity index (χ1v) is 10.6. The molecule has 2 fully saturated rings. The maximum Gasteiger partial charge on any atom is 0.501 e. The number of hydrogen-bond donors (Lipinski definition) is 0. The van der Waals surface area contributed by atoms with Gasteiger partial charge in [0, 0.05) is 18.5 Å². The largest absolute Gasteiger partial charge is 0.501 e. The molecule has 1 aliphatic heterocycles. The second kappa shape index (κ2) is 6.64. The Kier molecular flexibility index (Phi) is 4.97. The smallest absolute Gasteiger partial charge is 0.444 e. The Labute approximate surface area is 162 Å². The fraction of sp³-hybridized carbons (Fsp3) is 0.632. The van der Waals surface area contributed by atoms with Crippen LogP contribution in [0.3, 0.4) is 0 Å². The summed E-state index contributed by atoms with van der Waals surface area (Å²) >= 11 is 0. The minimum absolute atomic E-state index is 0.126. The van der Waals surface area contributed by atoms with Crippen LogP contribution in [-0.2, 0) is 21.0 Å². The van der Waals surface area contributed by atoms with E-state index in [4.69, 9.17) is 4.74 Å². The van der Waals surface area contributed by atoms with Crippen LogP contribution in [0.4, 0.5) is 18.0 Å². The highest BCUT2D eigenvalue weighted by atomic mass is 32.2. The maximum absolute atomic E-state index is 12.6. The molecule has 0 radical (unpaired) electrons. The number of carbonyl (C=O) groups is 1. The van der Waals surface area contributed by atoms with Crippen LogP contribution in [0.1, 0.15) is 39.2 Å². The summed E-state index contributed by atoms with van der Waals surface area (Å²) in [5, 5.41) is 0. The van der Waals surface area contributed by atoms with E-state index in [9.17, 15) is 26.4 Å². The van der Waals surface area contributed by atoms with E-state index in [0.717, 1.165) is 30.5 Å². The van der Waals surface area contributed by atoms with Crippen molar-refractivity contribution >= 4 is 15.9 Å². The van der Waals surface area contributed by atoms with Crippen LogP contribution in [0.2, 0.25) is 0 Å². The van der Waals surface area contributed by atoms with Gasteiger partial charge in [-0.25, -0.2) is 13.2 Å². The highest BCUT2D eigenvalue weighted by molar-refractivity contribution is 7.92. The maximum atomic E-state index is 12.6. The quantitative estimate of drug-likeness (QED) is 0.738. The fourth-order valence-corrected chi connectivity index (χ4v) is 4.82. The number of sulfone groups is 1. The number of rotatable bonds is 3. The van der Waals surface area contributed by atoms with Crippen molar-refractivity contribution in [2.75, 3.05) is 13.1 Å². The van der Waals surface area contributed by atoms with Crippen molar-refractivity contribution in [3.05, 3.63) is 29.8 Å². The summed E-state index contributed by atoms with van der Waals surface area (Å²) in [4.78, 5) is 13.0. The molecule has 0 aromatic heterocycles. The lowest BCUT2D eigenvalue weighted by molar-refractivity contribution is -0.0947. The van der Waals surface area contributed by atoms with Crippen LogP contribution in [0.25, 0.3) is 0 Å². The fourth-order valence-electron chi connectivity index (χ4n) is 4.06. The van der Waals surface area contributed by atoms with E-state index in [0.29, 0.717) is 25.4 Å². The van der Waals surface area contributed by atoms with Crippen molar-refractivity contribution < 1.29 is 31.1 Å². The molecule has 0 atom stereocenters. The monoisotopic (exact) mass is 419 g/mol. The summed E-state index contributed by atoms with van der Waals surface area (Å²) in [6, 6.07) is 4.91. The van der Waals surface area contributed by atoms with Crippen LogP contribution < -0.4 is 0 Å². The van der Waals surface area contributed by atoms with Gasteiger partial charge in [-0.2, -0.15) is 13.2 Å². The van der Waals surface area contributed by atoms with Crippen molar-refractivity contribution in [2.24, 2.45) is 11.3 Å².